The van der Waals surface area contributed by atoms with E-state index in [4.69, 9.17) is 4.74 Å². The van der Waals surface area contributed by atoms with Crippen LogP contribution in [0.4, 0.5) is 0 Å². The summed E-state index contributed by atoms with van der Waals surface area (Å²) >= 11 is 0. The number of rotatable bonds is 6. The molecule has 2 atom stereocenters. The molecular weight excluding hydrogens is 328 g/mol. The second-order valence-corrected chi connectivity index (χ2v) is 7.53. The van der Waals surface area contributed by atoms with Gasteiger partial charge in [0, 0.05) is 18.3 Å². The van der Waals surface area contributed by atoms with Gasteiger partial charge in [0.25, 0.3) is 0 Å². The van der Waals surface area contributed by atoms with E-state index in [0.29, 0.717) is 17.7 Å². The van der Waals surface area contributed by atoms with E-state index in [0.717, 1.165) is 5.56 Å². The number of nitrogens with zero attached hydrogens (tertiary/aromatic N) is 1. The molecule has 1 aromatic heterocycles. The fourth-order valence-electron chi connectivity index (χ4n) is 2.70. The Morgan fingerprint density at radius 3 is 2.88 bits per heavy atom. The third-order valence-electron chi connectivity index (χ3n) is 3.99. The summed E-state index contributed by atoms with van der Waals surface area (Å²) in [6, 6.07) is 10.5. The number of nitrogens with one attached hydrogen (secondary N) is 1. The third kappa shape index (κ3) is 3.91. The Labute approximate surface area is 140 Å². The maximum absolute atomic E-state index is 12.2. The first kappa shape index (κ1) is 16.4. The Morgan fingerprint density at radius 1 is 1.33 bits per heavy atom. The third-order valence-corrected chi connectivity index (χ3v) is 5.21. The van der Waals surface area contributed by atoms with Gasteiger partial charge in [0.15, 0.2) is 0 Å². The topological polar surface area (TPSA) is 85.4 Å². The van der Waals surface area contributed by atoms with Crippen LogP contribution >= 0.6 is 0 Å². The number of carbonyl (C=O) groups is 1. The Kier molecular flexibility index (Phi) is 4.53. The molecule has 1 aliphatic carbocycles. The summed E-state index contributed by atoms with van der Waals surface area (Å²) in [5.74, 6) is -0.403. The van der Waals surface area contributed by atoms with Gasteiger partial charge in [-0.1, -0.05) is 18.2 Å². The summed E-state index contributed by atoms with van der Waals surface area (Å²) in [6.07, 6.45) is 4.02. The van der Waals surface area contributed by atoms with Crippen LogP contribution in [0.3, 0.4) is 0 Å². The number of aromatic nitrogens is 1. The average Bonchev–Trinajstić information content (AvgIpc) is 3.36. The molecule has 1 N–H and O–H groups in total. The van der Waals surface area contributed by atoms with Crippen molar-refractivity contribution in [3.63, 3.8) is 0 Å². The van der Waals surface area contributed by atoms with Gasteiger partial charge < -0.3 is 4.74 Å². The normalized spacial score (nSPS) is 19.5. The van der Waals surface area contributed by atoms with Crippen LogP contribution in [0.2, 0.25) is 0 Å². The number of carbonyl (C=O) groups excluding carboxylic acids is 1. The van der Waals surface area contributed by atoms with Crippen molar-refractivity contribution in [3.05, 3.63) is 59.9 Å². The van der Waals surface area contributed by atoms with Crippen LogP contribution in [0.1, 0.15) is 23.5 Å². The van der Waals surface area contributed by atoms with Gasteiger partial charge >= 0.3 is 0 Å². The molecule has 7 heteroatoms. The lowest BCUT2D eigenvalue weighted by Gasteiger charge is -2.08. The predicted molar refractivity (Wildman–Crippen MR) is 88.8 cm³/mol. The lowest BCUT2D eigenvalue weighted by atomic mass is 10.1. The van der Waals surface area contributed by atoms with Gasteiger partial charge in [-0.15, -0.1) is 0 Å². The molecule has 3 rings (SSSR count). The van der Waals surface area contributed by atoms with Gasteiger partial charge in [0.05, 0.1) is 12.9 Å². The minimum atomic E-state index is -3.74. The van der Waals surface area contributed by atoms with Crippen molar-refractivity contribution in [1.29, 1.82) is 0 Å². The number of methoxy groups -OCH3 is 1. The molecule has 1 heterocycles. The Hall–Kier alpha value is -2.41. The zero-order valence-electron chi connectivity index (χ0n) is 13.2. The highest BCUT2D eigenvalue weighted by Gasteiger charge is 2.45. The van der Waals surface area contributed by atoms with E-state index in [2.05, 4.69) is 9.71 Å². The number of amides is 1. The second-order valence-electron chi connectivity index (χ2n) is 5.81. The first-order chi connectivity index (χ1) is 11.5. The molecule has 2 aromatic rings. The van der Waals surface area contributed by atoms with Gasteiger partial charge in [0.1, 0.15) is 5.75 Å². The summed E-state index contributed by atoms with van der Waals surface area (Å²) < 4.78 is 31.7. The van der Waals surface area contributed by atoms with E-state index in [9.17, 15) is 13.2 Å². The quantitative estimate of drug-likeness (QED) is 0.863. The zero-order chi connectivity index (χ0) is 17.2. The molecule has 1 aliphatic rings. The minimum Gasteiger partial charge on any atom is -0.497 e. The molecule has 24 heavy (non-hydrogen) atoms. The van der Waals surface area contributed by atoms with E-state index in [1.54, 1.807) is 36.7 Å². The molecule has 0 radical (unpaired) electrons. The van der Waals surface area contributed by atoms with Gasteiger partial charge in [-0.3, -0.25) is 14.5 Å². The summed E-state index contributed by atoms with van der Waals surface area (Å²) in [4.78, 5) is 16.2. The monoisotopic (exact) mass is 346 g/mol. The molecule has 0 aliphatic heterocycles. The molecule has 1 aromatic carbocycles. The second kappa shape index (κ2) is 6.60. The first-order valence-corrected chi connectivity index (χ1v) is 9.21. The molecular formula is C17H18N2O4S. The first-order valence-electron chi connectivity index (χ1n) is 7.56. The zero-order valence-corrected chi connectivity index (χ0v) is 14.0. The maximum atomic E-state index is 12.2. The highest BCUT2D eigenvalue weighted by Crippen LogP contribution is 2.47. The minimum absolute atomic E-state index is 0.0470. The predicted octanol–water partition coefficient (Wildman–Crippen LogP) is 1.84. The van der Waals surface area contributed by atoms with Crippen LogP contribution in [-0.4, -0.2) is 26.4 Å². The molecule has 0 bridgehead atoms. The average molecular weight is 346 g/mol. The highest BCUT2D eigenvalue weighted by atomic mass is 32.2. The standard InChI is InChI=1S/C17H18N2O4S/c1-23-14-6-2-4-12(8-14)11-24(21,22)19-17(20)16-9-15(16)13-5-3-7-18-10-13/h2-8,10,15-16H,9,11H2,1H3,(H,19,20)/t15-,16+/m0/s1. The van der Waals surface area contributed by atoms with E-state index in [1.807, 2.05) is 12.1 Å². The number of pyridine rings is 1. The van der Waals surface area contributed by atoms with E-state index >= 15 is 0 Å². The van der Waals surface area contributed by atoms with E-state index in [1.165, 1.54) is 7.11 Å². The van der Waals surface area contributed by atoms with Crippen molar-refractivity contribution in [2.75, 3.05) is 7.11 Å². The summed E-state index contributed by atoms with van der Waals surface area (Å²) in [5, 5.41) is 0. The van der Waals surface area contributed by atoms with Crippen molar-refractivity contribution in [3.8, 4) is 5.75 Å². The highest BCUT2D eigenvalue weighted by molar-refractivity contribution is 7.89. The van der Waals surface area contributed by atoms with Gasteiger partial charge in [0.2, 0.25) is 15.9 Å². The van der Waals surface area contributed by atoms with Crippen molar-refractivity contribution in [1.82, 2.24) is 9.71 Å². The molecule has 0 unspecified atom stereocenters. The summed E-state index contributed by atoms with van der Waals surface area (Å²) in [7, 11) is -2.23. The lowest BCUT2D eigenvalue weighted by molar-refractivity contribution is -0.120. The molecule has 1 amide bonds. The number of hydrogen-bond acceptors (Lipinski definition) is 5. The van der Waals surface area contributed by atoms with Crippen LogP contribution in [0.5, 0.6) is 5.75 Å². The molecule has 1 fully saturated rings. The lowest BCUT2D eigenvalue weighted by Crippen LogP contribution is -2.33. The summed E-state index contributed by atoms with van der Waals surface area (Å²) in [6.45, 7) is 0. The number of benzene rings is 1. The van der Waals surface area contributed by atoms with Crippen molar-refractivity contribution in [2.24, 2.45) is 5.92 Å². The van der Waals surface area contributed by atoms with Crippen molar-refractivity contribution in [2.45, 2.75) is 18.1 Å². The fourth-order valence-corrected chi connectivity index (χ4v) is 3.84. The van der Waals surface area contributed by atoms with Crippen molar-refractivity contribution >= 4 is 15.9 Å². The largest absolute Gasteiger partial charge is 0.497 e. The molecule has 0 saturated heterocycles. The van der Waals surface area contributed by atoms with E-state index in [-0.39, 0.29) is 17.6 Å². The number of sulfonamides is 1. The Morgan fingerprint density at radius 2 is 2.17 bits per heavy atom. The molecule has 0 spiro atoms. The summed E-state index contributed by atoms with van der Waals surface area (Å²) in [5.41, 5.74) is 1.53. The smallest absolute Gasteiger partial charge is 0.239 e. The number of hydrogen-bond donors (Lipinski definition) is 1. The Bertz CT molecular complexity index is 837. The van der Waals surface area contributed by atoms with Gasteiger partial charge in [-0.25, -0.2) is 8.42 Å². The van der Waals surface area contributed by atoms with E-state index < -0.39 is 15.9 Å². The maximum Gasteiger partial charge on any atom is 0.239 e. The van der Waals surface area contributed by atoms with Crippen LogP contribution < -0.4 is 9.46 Å². The number of ether oxygens (including phenoxy) is 1. The molecule has 1 saturated carbocycles. The molecule has 126 valence electrons. The van der Waals surface area contributed by atoms with Crippen LogP contribution in [0.15, 0.2) is 48.8 Å². The van der Waals surface area contributed by atoms with Gasteiger partial charge in [-0.05, 0) is 41.7 Å². The Balaban J connectivity index is 1.61. The molecule has 6 nitrogen and oxygen atoms in total. The van der Waals surface area contributed by atoms with Crippen LogP contribution in [0, 0.1) is 5.92 Å². The van der Waals surface area contributed by atoms with Crippen molar-refractivity contribution < 1.29 is 17.9 Å². The van der Waals surface area contributed by atoms with Crippen LogP contribution in [-0.2, 0) is 20.6 Å². The fraction of sp³-hybridized carbons (Fsp3) is 0.294. The van der Waals surface area contributed by atoms with Gasteiger partial charge in [-0.2, -0.15) is 0 Å². The SMILES string of the molecule is COc1cccc(CS(=O)(=O)NC(=O)[C@@H]2C[C@H]2c2cccnc2)c1. The van der Waals surface area contributed by atoms with Crippen LogP contribution in [0.25, 0.3) is 0 Å².